The van der Waals surface area contributed by atoms with E-state index >= 15 is 0 Å². The third-order valence-corrected chi connectivity index (χ3v) is 2.35. The number of halogens is 1. The van der Waals surface area contributed by atoms with Crippen LogP contribution in [-0.2, 0) is 0 Å². The Hall–Kier alpha value is -2.08. The highest BCUT2D eigenvalue weighted by Gasteiger charge is 2.13. The molecule has 17 heavy (non-hydrogen) atoms. The predicted octanol–water partition coefficient (Wildman–Crippen LogP) is 1.60. The zero-order valence-corrected chi connectivity index (χ0v) is 9.75. The molecule has 0 unspecified atom stereocenters. The minimum atomic E-state index is -0.402. The molecule has 0 aliphatic rings. The predicted molar refractivity (Wildman–Crippen MR) is 64.9 cm³/mol. The standard InChI is InChI=1S/C10H10ClN5O/c1-5-2-8(16-15-5)14-10(17)7-3-6(12)4-13-9(7)11/h2-4H,12H2,1H3,(H2,14,15,16,17). The molecule has 0 fully saturated rings. The Balaban J connectivity index is 2.22. The highest BCUT2D eigenvalue weighted by molar-refractivity contribution is 6.33. The summed E-state index contributed by atoms with van der Waals surface area (Å²) in [5.74, 6) is 0.0206. The van der Waals surface area contributed by atoms with E-state index in [4.69, 9.17) is 17.3 Å². The van der Waals surface area contributed by atoms with E-state index in [-0.39, 0.29) is 10.7 Å². The van der Waals surface area contributed by atoms with Crippen LogP contribution in [0.4, 0.5) is 11.5 Å². The molecular weight excluding hydrogens is 242 g/mol. The van der Waals surface area contributed by atoms with Gasteiger partial charge in [-0.3, -0.25) is 9.89 Å². The lowest BCUT2D eigenvalue weighted by Crippen LogP contribution is -2.13. The summed E-state index contributed by atoms with van der Waals surface area (Å²) in [6, 6.07) is 3.16. The lowest BCUT2D eigenvalue weighted by Gasteiger charge is -2.04. The molecule has 0 radical (unpaired) electrons. The fourth-order valence-electron chi connectivity index (χ4n) is 1.29. The van der Waals surface area contributed by atoms with E-state index in [1.54, 1.807) is 6.07 Å². The van der Waals surface area contributed by atoms with Crippen LogP contribution in [0.5, 0.6) is 0 Å². The summed E-state index contributed by atoms with van der Waals surface area (Å²) in [5, 5.41) is 9.28. The van der Waals surface area contributed by atoms with Gasteiger partial charge in [0.15, 0.2) is 5.82 Å². The number of hydrogen-bond donors (Lipinski definition) is 3. The fraction of sp³-hybridized carbons (Fsp3) is 0.100. The van der Waals surface area contributed by atoms with Gasteiger partial charge in [0, 0.05) is 11.8 Å². The molecule has 2 heterocycles. The number of nitrogens with zero attached hydrogens (tertiary/aromatic N) is 2. The molecule has 1 amide bonds. The van der Waals surface area contributed by atoms with Gasteiger partial charge in [-0.1, -0.05) is 11.6 Å². The van der Waals surface area contributed by atoms with Crippen LogP contribution in [0.1, 0.15) is 16.1 Å². The number of nitrogens with one attached hydrogen (secondary N) is 2. The fourth-order valence-corrected chi connectivity index (χ4v) is 1.48. The van der Waals surface area contributed by atoms with E-state index in [1.165, 1.54) is 12.3 Å². The van der Waals surface area contributed by atoms with Crippen molar-refractivity contribution in [2.75, 3.05) is 11.1 Å². The summed E-state index contributed by atoms with van der Waals surface area (Å²) >= 11 is 5.81. The number of aromatic nitrogens is 3. The summed E-state index contributed by atoms with van der Waals surface area (Å²) in [5.41, 5.74) is 6.97. The van der Waals surface area contributed by atoms with Gasteiger partial charge in [-0.05, 0) is 13.0 Å². The number of pyridine rings is 1. The zero-order valence-electron chi connectivity index (χ0n) is 8.99. The van der Waals surface area contributed by atoms with E-state index in [2.05, 4.69) is 20.5 Å². The Kier molecular flexibility index (Phi) is 2.97. The van der Waals surface area contributed by atoms with Crippen molar-refractivity contribution in [3.8, 4) is 0 Å². The lowest BCUT2D eigenvalue weighted by atomic mass is 10.2. The number of aromatic amines is 1. The summed E-state index contributed by atoms with van der Waals surface area (Å²) < 4.78 is 0. The highest BCUT2D eigenvalue weighted by atomic mass is 35.5. The maximum atomic E-state index is 11.9. The average Bonchev–Trinajstić information content (AvgIpc) is 2.67. The number of anilines is 2. The van der Waals surface area contributed by atoms with Gasteiger partial charge in [-0.15, -0.1) is 0 Å². The molecule has 2 aromatic rings. The molecule has 7 heteroatoms. The Morgan fingerprint density at radius 2 is 2.29 bits per heavy atom. The maximum Gasteiger partial charge on any atom is 0.260 e. The number of carbonyl (C=O) groups is 1. The van der Waals surface area contributed by atoms with Crippen LogP contribution in [0.25, 0.3) is 0 Å². The first kappa shape index (κ1) is 11.4. The van der Waals surface area contributed by atoms with Crippen LogP contribution < -0.4 is 11.1 Å². The molecule has 6 nitrogen and oxygen atoms in total. The van der Waals surface area contributed by atoms with Crippen LogP contribution in [0.3, 0.4) is 0 Å². The number of H-pyrrole nitrogens is 1. The molecule has 88 valence electrons. The number of carbonyl (C=O) groups excluding carboxylic acids is 1. The molecule has 0 aliphatic carbocycles. The maximum absolute atomic E-state index is 11.9. The molecule has 0 aliphatic heterocycles. The number of nitrogens with two attached hydrogens (primary N) is 1. The van der Waals surface area contributed by atoms with E-state index in [0.29, 0.717) is 11.5 Å². The molecule has 0 atom stereocenters. The van der Waals surface area contributed by atoms with Crippen molar-refractivity contribution >= 4 is 29.0 Å². The Bertz CT molecular complexity index is 566. The van der Waals surface area contributed by atoms with Gasteiger partial charge in [0.1, 0.15) is 5.15 Å². The monoisotopic (exact) mass is 251 g/mol. The lowest BCUT2D eigenvalue weighted by molar-refractivity contribution is 0.102. The first-order chi connectivity index (χ1) is 8.06. The average molecular weight is 252 g/mol. The molecule has 0 bridgehead atoms. The van der Waals surface area contributed by atoms with Crippen molar-refractivity contribution in [1.29, 1.82) is 0 Å². The van der Waals surface area contributed by atoms with Gasteiger partial charge in [0.05, 0.1) is 17.4 Å². The second kappa shape index (κ2) is 4.42. The molecule has 0 saturated carbocycles. The molecule has 0 spiro atoms. The molecule has 2 aromatic heterocycles. The van der Waals surface area contributed by atoms with Gasteiger partial charge in [0.25, 0.3) is 5.91 Å². The van der Waals surface area contributed by atoms with Crippen molar-refractivity contribution in [1.82, 2.24) is 15.2 Å². The Labute approximate surface area is 102 Å². The second-order valence-electron chi connectivity index (χ2n) is 3.50. The number of amides is 1. The topological polar surface area (TPSA) is 96.7 Å². The summed E-state index contributed by atoms with van der Waals surface area (Å²) in [6.07, 6.45) is 1.39. The third-order valence-electron chi connectivity index (χ3n) is 2.05. The van der Waals surface area contributed by atoms with Crippen molar-refractivity contribution in [3.63, 3.8) is 0 Å². The quantitative estimate of drug-likeness (QED) is 0.706. The minimum absolute atomic E-state index is 0.101. The molecular formula is C10H10ClN5O. The first-order valence-electron chi connectivity index (χ1n) is 4.80. The van der Waals surface area contributed by atoms with Crippen LogP contribution in [-0.4, -0.2) is 21.1 Å². The largest absolute Gasteiger partial charge is 0.397 e. The van der Waals surface area contributed by atoms with Crippen LogP contribution in [0.2, 0.25) is 5.15 Å². The van der Waals surface area contributed by atoms with Gasteiger partial charge in [-0.25, -0.2) is 4.98 Å². The molecule has 0 saturated heterocycles. The summed E-state index contributed by atoms with van der Waals surface area (Å²) in [7, 11) is 0. The van der Waals surface area contributed by atoms with Crippen LogP contribution in [0.15, 0.2) is 18.3 Å². The number of rotatable bonds is 2. The van der Waals surface area contributed by atoms with E-state index in [1.807, 2.05) is 6.92 Å². The number of aryl methyl sites for hydroxylation is 1. The zero-order chi connectivity index (χ0) is 12.4. The van der Waals surface area contributed by atoms with Gasteiger partial charge < -0.3 is 11.1 Å². The van der Waals surface area contributed by atoms with Gasteiger partial charge >= 0.3 is 0 Å². The molecule has 4 N–H and O–H groups in total. The minimum Gasteiger partial charge on any atom is -0.397 e. The van der Waals surface area contributed by atoms with Crippen molar-refractivity contribution in [3.05, 3.63) is 34.7 Å². The van der Waals surface area contributed by atoms with Crippen molar-refractivity contribution in [2.45, 2.75) is 6.92 Å². The molecule has 2 rings (SSSR count). The summed E-state index contributed by atoms with van der Waals surface area (Å²) in [4.78, 5) is 15.6. The van der Waals surface area contributed by atoms with E-state index in [9.17, 15) is 4.79 Å². The Morgan fingerprint density at radius 3 is 2.94 bits per heavy atom. The SMILES string of the molecule is Cc1cc(NC(=O)c2cc(N)cnc2Cl)n[nH]1. The highest BCUT2D eigenvalue weighted by Crippen LogP contribution is 2.17. The number of hydrogen-bond acceptors (Lipinski definition) is 4. The number of nitrogen functional groups attached to an aromatic ring is 1. The molecule has 0 aromatic carbocycles. The second-order valence-corrected chi connectivity index (χ2v) is 3.86. The van der Waals surface area contributed by atoms with Crippen molar-refractivity contribution in [2.24, 2.45) is 0 Å². The van der Waals surface area contributed by atoms with Crippen molar-refractivity contribution < 1.29 is 4.79 Å². The van der Waals surface area contributed by atoms with Gasteiger partial charge in [-0.2, -0.15) is 5.10 Å². The normalized spacial score (nSPS) is 10.2. The Morgan fingerprint density at radius 1 is 1.53 bits per heavy atom. The van der Waals surface area contributed by atoms with Gasteiger partial charge in [0.2, 0.25) is 0 Å². The van der Waals surface area contributed by atoms with Crippen LogP contribution in [0, 0.1) is 6.92 Å². The van der Waals surface area contributed by atoms with E-state index < -0.39 is 5.91 Å². The van der Waals surface area contributed by atoms with E-state index in [0.717, 1.165) is 5.69 Å². The first-order valence-corrected chi connectivity index (χ1v) is 5.18. The third kappa shape index (κ3) is 2.54. The van der Waals surface area contributed by atoms with Crippen LogP contribution >= 0.6 is 11.6 Å². The smallest absolute Gasteiger partial charge is 0.260 e. The summed E-state index contributed by atoms with van der Waals surface area (Å²) in [6.45, 7) is 1.83.